The molecule has 0 unspecified atom stereocenters. The molecule has 2 aromatic rings. The van der Waals surface area contributed by atoms with Crippen LogP contribution in [0, 0.1) is 5.82 Å². The number of rotatable bonds is 3. The number of hydrogen-bond donors (Lipinski definition) is 0. The molecule has 130 valence electrons. The van der Waals surface area contributed by atoms with Gasteiger partial charge < -0.3 is 9.31 Å². The van der Waals surface area contributed by atoms with Crippen molar-refractivity contribution < 1.29 is 18.1 Å². The van der Waals surface area contributed by atoms with Crippen LogP contribution in [0.1, 0.15) is 33.3 Å². The molecule has 25 heavy (non-hydrogen) atoms. The Balaban J connectivity index is 1.97. The third-order valence-electron chi connectivity index (χ3n) is 4.78. The van der Waals surface area contributed by atoms with Gasteiger partial charge in [0.1, 0.15) is 11.5 Å². The number of hydrogen-bond acceptors (Lipinski definition) is 3. The van der Waals surface area contributed by atoms with E-state index in [1.54, 1.807) is 30.6 Å². The van der Waals surface area contributed by atoms with Gasteiger partial charge >= 0.3 is 7.12 Å². The van der Waals surface area contributed by atoms with Crippen molar-refractivity contribution in [1.82, 2.24) is 4.98 Å². The fraction of sp³-hybridized carbons (Fsp3) is 0.316. The van der Waals surface area contributed by atoms with E-state index >= 15 is 0 Å². The van der Waals surface area contributed by atoms with Gasteiger partial charge in [-0.2, -0.15) is 0 Å². The van der Waals surface area contributed by atoms with Crippen molar-refractivity contribution in [2.24, 2.45) is 0 Å². The van der Waals surface area contributed by atoms with Crippen molar-refractivity contribution in [2.75, 3.05) is 0 Å². The third-order valence-corrected chi connectivity index (χ3v) is 4.78. The van der Waals surface area contributed by atoms with Crippen LogP contribution in [0.2, 0.25) is 0 Å². The van der Waals surface area contributed by atoms with Crippen molar-refractivity contribution in [3.8, 4) is 11.1 Å². The van der Waals surface area contributed by atoms with Crippen LogP contribution in [0.4, 0.5) is 8.78 Å². The standard InChI is InChI=1S/C19H20BF2NO2/c1-18(2)19(3,4)25-20(24-18)17(22)12-14-11-15(21)5-6-16(14)13-7-9-23-10-8-13/h5-12H,1-4H3. The lowest BCUT2D eigenvalue weighted by Crippen LogP contribution is -2.41. The van der Waals surface area contributed by atoms with Crippen LogP contribution in [-0.2, 0) is 9.31 Å². The maximum Gasteiger partial charge on any atom is 0.525 e. The molecule has 0 spiro atoms. The van der Waals surface area contributed by atoms with Gasteiger partial charge in [-0.05, 0) is 74.7 Å². The first-order chi connectivity index (χ1) is 11.7. The summed E-state index contributed by atoms with van der Waals surface area (Å²) in [7, 11) is -1.11. The minimum Gasteiger partial charge on any atom is -0.398 e. The highest BCUT2D eigenvalue weighted by Crippen LogP contribution is 2.39. The van der Waals surface area contributed by atoms with Crippen LogP contribution in [0.5, 0.6) is 0 Å². The molecule has 2 heterocycles. The molecule has 0 bridgehead atoms. The average Bonchev–Trinajstić information content (AvgIpc) is 2.76. The Kier molecular flexibility index (Phi) is 4.52. The Morgan fingerprint density at radius 3 is 2.24 bits per heavy atom. The molecule has 0 aliphatic carbocycles. The lowest BCUT2D eigenvalue weighted by atomic mass is 9.86. The Labute approximate surface area is 146 Å². The molecule has 1 aromatic heterocycles. The number of benzene rings is 1. The van der Waals surface area contributed by atoms with E-state index < -0.39 is 29.9 Å². The SMILES string of the molecule is CC1(C)OB(C(F)=Cc2cc(F)ccc2-c2ccncc2)OC1(C)C. The third kappa shape index (κ3) is 3.50. The molecule has 0 N–H and O–H groups in total. The van der Waals surface area contributed by atoms with Gasteiger partial charge in [0.2, 0.25) is 0 Å². The summed E-state index contributed by atoms with van der Waals surface area (Å²) in [5.74, 6) is -0.439. The van der Waals surface area contributed by atoms with Gasteiger partial charge in [0.15, 0.2) is 0 Å². The van der Waals surface area contributed by atoms with Crippen LogP contribution >= 0.6 is 0 Å². The Hall–Kier alpha value is -2.05. The van der Waals surface area contributed by atoms with E-state index in [2.05, 4.69) is 4.98 Å². The summed E-state index contributed by atoms with van der Waals surface area (Å²) in [6.45, 7) is 7.41. The number of nitrogens with zero attached hydrogens (tertiary/aromatic N) is 1. The zero-order valence-electron chi connectivity index (χ0n) is 14.7. The predicted octanol–water partition coefficient (Wildman–Crippen LogP) is 4.83. The van der Waals surface area contributed by atoms with E-state index in [9.17, 15) is 8.78 Å². The first-order valence-corrected chi connectivity index (χ1v) is 8.12. The van der Waals surface area contributed by atoms with E-state index in [4.69, 9.17) is 9.31 Å². The second kappa shape index (κ2) is 6.35. The highest BCUT2D eigenvalue weighted by atomic mass is 19.1. The monoisotopic (exact) mass is 343 g/mol. The van der Waals surface area contributed by atoms with Gasteiger partial charge in [0.05, 0.1) is 11.2 Å². The molecular formula is C19H20BF2NO2. The molecule has 6 heteroatoms. The Morgan fingerprint density at radius 1 is 1.04 bits per heavy atom. The molecule has 0 saturated carbocycles. The minimum absolute atomic E-state index is 0.415. The summed E-state index contributed by atoms with van der Waals surface area (Å²) in [6, 6.07) is 7.84. The predicted molar refractivity (Wildman–Crippen MR) is 94.8 cm³/mol. The van der Waals surface area contributed by atoms with Crippen molar-refractivity contribution in [1.29, 1.82) is 0 Å². The van der Waals surface area contributed by atoms with Gasteiger partial charge in [0.25, 0.3) is 0 Å². The van der Waals surface area contributed by atoms with E-state index in [-0.39, 0.29) is 0 Å². The smallest absolute Gasteiger partial charge is 0.398 e. The van der Waals surface area contributed by atoms with Crippen LogP contribution in [0.3, 0.4) is 0 Å². The Bertz CT molecular complexity index is 790. The summed E-state index contributed by atoms with van der Waals surface area (Å²) in [6.07, 6.45) is 4.54. The van der Waals surface area contributed by atoms with Crippen LogP contribution in [-0.4, -0.2) is 23.3 Å². The summed E-state index contributed by atoms with van der Waals surface area (Å²) < 4.78 is 39.9. The summed E-state index contributed by atoms with van der Waals surface area (Å²) >= 11 is 0. The molecule has 1 aromatic carbocycles. The topological polar surface area (TPSA) is 31.4 Å². The molecule has 1 aliphatic rings. The lowest BCUT2D eigenvalue weighted by Gasteiger charge is -2.32. The van der Waals surface area contributed by atoms with Gasteiger partial charge in [-0.1, -0.05) is 6.07 Å². The molecule has 0 radical (unpaired) electrons. The maximum atomic E-state index is 14.8. The molecule has 3 nitrogen and oxygen atoms in total. The van der Waals surface area contributed by atoms with Gasteiger partial charge in [-0.3, -0.25) is 4.98 Å². The first kappa shape index (κ1) is 17.8. The fourth-order valence-corrected chi connectivity index (χ4v) is 2.62. The highest BCUT2D eigenvalue weighted by molar-refractivity contribution is 6.54. The molecule has 1 aliphatic heterocycles. The first-order valence-electron chi connectivity index (χ1n) is 8.12. The second-order valence-electron chi connectivity index (χ2n) is 7.08. The molecular weight excluding hydrogens is 323 g/mol. The maximum absolute atomic E-state index is 14.8. The van der Waals surface area contributed by atoms with E-state index in [0.717, 1.165) is 5.56 Å². The van der Waals surface area contributed by atoms with Crippen molar-refractivity contribution in [3.05, 3.63) is 59.8 Å². The van der Waals surface area contributed by atoms with E-state index in [1.807, 2.05) is 27.7 Å². The van der Waals surface area contributed by atoms with Crippen LogP contribution < -0.4 is 0 Å². The van der Waals surface area contributed by atoms with Crippen molar-refractivity contribution in [3.63, 3.8) is 0 Å². The van der Waals surface area contributed by atoms with Gasteiger partial charge in [-0.15, -0.1) is 0 Å². The lowest BCUT2D eigenvalue weighted by molar-refractivity contribution is 0.00578. The van der Waals surface area contributed by atoms with Crippen LogP contribution in [0.25, 0.3) is 17.2 Å². The number of aromatic nitrogens is 1. The van der Waals surface area contributed by atoms with E-state index in [1.165, 1.54) is 18.2 Å². The normalized spacial score (nSPS) is 19.3. The average molecular weight is 343 g/mol. The largest absolute Gasteiger partial charge is 0.525 e. The second-order valence-corrected chi connectivity index (χ2v) is 7.08. The molecule has 0 amide bonds. The number of halogens is 2. The minimum atomic E-state index is -1.11. The summed E-state index contributed by atoms with van der Waals surface area (Å²) in [5, 5.41) is 0. The van der Waals surface area contributed by atoms with E-state index in [0.29, 0.717) is 11.1 Å². The fourth-order valence-electron chi connectivity index (χ4n) is 2.62. The zero-order valence-corrected chi connectivity index (χ0v) is 14.7. The van der Waals surface area contributed by atoms with Crippen LogP contribution in [0.15, 0.2) is 48.5 Å². The molecule has 1 fully saturated rings. The molecule has 3 rings (SSSR count). The molecule has 1 saturated heterocycles. The zero-order chi connectivity index (χ0) is 18.2. The quantitative estimate of drug-likeness (QED) is 0.748. The van der Waals surface area contributed by atoms with Gasteiger partial charge in [-0.25, -0.2) is 8.78 Å². The van der Waals surface area contributed by atoms with Crippen molar-refractivity contribution in [2.45, 2.75) is 38.9 Å². The summed E-state index contributed by atoms with van der Waals surface area (Å²) in [4.78, 5) is 3.97. The van der Waals surface area contributed by atoms with Crippen molar-refractivity contribution >= 4 is 13.2 Å². The highest BCUT2D eigenvalue weighted by Gasteiger charge is 2.53. The summed E-state index contributed by atoms with van der Waals surface area (Å²) in [5.41, 5.74) is 0.0636. The Morgan fingerprint density at radius 2 is 1.64 bits per heavy atom. The number of pyridine rings is 1. The molecule has 0 atom stereocenters. The van der Waals surface area contributed by atoms with Gasteiger partial charge in [0, 0.05) is 12.4 Å².